The van der Waals surface area contributed by atoms with Crippen molar-refractivity contribution < 1.29 is 0 Å². The standard InChI is InChI=1S/C11H15BrN4/c1-15(2)8-4-3-7-16-9(5-6-13)14-11(12)10(8)16/h3-4,7H,5-6,13H2,1-2H3. The normalized spacial score (nSPS) is 11.0. The molecule has 0 amide bonds. The molecule has 0 saturated carbocycles. The molecule has 0 aliphatic rings. The van der Waals surface area contributed by atoms with Crippen molar-refractivity contribution in [1.29, 1.82) is 0 Å². The Morgan fingerprint density at radius 2 is 2.25 bits per heavy atom. The van der Waals surface area contributed by atoms with Gasteiger partial charge in [-0.1, -0.05) is 0 Å². The van der Waals surface area contributed by atoms with E-state index in [9.17, 15) is 0 Å². The molecule has 16 heavy (non-hydrogen) atoms. The highest BCUT2D eigenvalue weighted by Gasteiger charge is 2.12. The third-order valence-electron chi connectivity index (χ3n) is 2.52. The average Bonchev–Trinajstić information content (AvgIpc) is 2.57. The van der Waals surface area contributed by atoms with Crippen LogP contribution in [-0.4, -0.2) is 30.0 Å². The third kappa shape index (κ3) is 1.81. The Morgan fingerprint density at radius 3 is 2.88 bits per heavy atom. The summed E-state index contributed by atoms with van der Waals surface area (Å²) >= 11 is 3.51. The molecule has 0 aliphatic heterocycles. The van der Waals surface area contributed by atoms with Gasteiger partial charge in [0.15, 0.2) is 0 Å². The summed E-state index contributed by atoms with van der Waals surface area (Å²) in [4.78, 5) is 6.57. The van der Waals surface area contributed by atoms with E-state index in [1.165, 1.54) is 0 Å². The summed E-state index contributed by atoms with van der Waals surface area (Å²) in [7, 11) is 4.05. The maximum absolute atomic E-state index is 5.58. The number of fused-ring (bicyclic) bond motifs is 1. The van der Waals surface area contributed by atoms with Gasteiger partial charge in [0.1, 0.15) is 15.9 Å². The molecular formula is C11H15BrN4. The first-order valence-electron chi connectivity index (χ1n) is 5.18. The van der Waals surface area contributed by atoms with Crippen LogP contribution in [0.3, 0.4) is 0 Å². The molecular weight excluding hydrogens is 268 g/mol. The van der Waals surface area contributed by atoms with Gasteiger partial charge < -0.3 is 15.0 Å². The van der Waals surface area contributed by atoms with E-state index in [2.05, 4.69) is 36.3 Å². The van der Waals surface area contributed by atoms with Crippen molar-refractivity contribution in [3.05, 3.63) is 28.8 Å². The highest BCUT2D eigenvalue weighted by Crippen LogP contribution is 2.28. The molecule has 4 nitrogen and oxygen atoms in total. The van der Waals surface area contributed by atoms with Crippen molar-refractivity contribution in [2.45, 2.75) is 6.42 Å². The van der Waals surface area contributed by atoms with Gasteiger partial charge >= 0.3 is 0 Å². The lowest BCUT2D eigenvalue weighted by molar-refractivity contribution is 0.861. The largest absolute Gasteiger partial charge is 0.376 e. The zero-order valence-corrected chi connectivity index (χ0v) is 11.0. The number of imidazole rings is 1. The van der Waals surface area contributed by atoms with Crippen LogP contribution in [0.1, 0.15) is 5.82 Å². The molecule has 0 saturated heterocycles. The van der Waals surface area contributed by atoms with Gasteiger partial charge in [0.25, 0.3) is 0 Å². The van der Waals surface area contributed by atoms with Crippen molar-refractivity contribution in [1.82, 2.24) is 9.38 Å². The number of nitrogens with zero attached hydrogens (tertiary/aromatic N) is 3. The molecule has 0 spiro atoms. The summed E-state index contributed by atoms with van der Waals surface area (Å²) in [5, 5.41) is 0. The zero-order valence-electron chi connectivity index (χ0n) is 9.44. The molecule has 2 rings (SSSR count). The van der Waals surface area contributed by atoms with E-state index < -0.39 is 0 Å². The summed E-state index contributed by atoms with van der Waals surface area (Å²) in [6.07, 6.45) is 2.80. The van der Waals surface area contributed by atoms with Crippen LogP contribution in [0.4, 0.5) is 5.69 Å². The van der Waals surface area contributed by atoms with E-state index in [4.69, 9.17) is 5.73 Å². The zero-order chi connectivity index (χ0) is 11.7. The molecule has 86 valence electrons. The van der Waals surface area contributed by atoms with Crippen LogP contribution in [-0.2, 0) is 6.42 Å². The highest BCUT2D eigenvalue weighted by molar-refractivity contribution is 9.10. The highest BCUT2D eigenvalue weighted by atomic mass is 79.9. The fraction of sp³-hybridized carbons (Fsp3) is 0.364. The number of hydrogen-bond acceptors (Lipinski definition) is 3. The van der Waals surface area contributed by atoms with Crippen LogP contribution in [0.15, 0.2) is 22.9 Å². The minimum Gasteiger partial charge on any atom is -0.376 e. The minimum atomic E-state index is 0.609. The molecule has 0 aromatic carbocycles. The van der Waals surface area contributed by atoms with E-state index in [1.54, 1.807) is 0 Å². The molecule has 0 atom stereocenters. The molecule has 2 heterocycles. The van der Waals surface area contributed by atoms with Gasteiger partial charge in [0.05, 0.1) is 5.69 Å². The summed E-state index contributed by atoms with van der Waals surface area (Å²) < 4.78 is 2.96. The van der Waals surface area contributed by atoms with E-state index >= 15 is 0 Å². The summed E-state index contributed by atoms with van der Waals surface area (Å²) in [6, 6.07) is 4.10. The second-order valence-electron chi connectivity index (χ2n) is 3.86. The first kappa shape index (κ1) is 11.4. The van der Waals surface area contributed by atoms with Crippen LogP contribution < -0.4 is 10.6 Å². The van der Waals surface area contributed by atoms with E-state index in [1.807, 2.05) is 26.4 Å². The maximum Gasteiger partial charge on any atom is 0.134 e. The van der Waals surface area contributed by atoms with Crippen LogP contribution in [0.25, 0.3) is 5.52 Å². The van der Waals surface area contributed by atoms with Crippen molar-refractivity contribution in [3.63, 3.8) is 0 Å². The van der Waals surface area contributed by atoms with E-state index in [-0.39, 0.29) is 0 Å². The molecule has 2 N–H and O–H groups in total. The van der Waals surface area contributed by atoms with Gasteiger partial charge in [0, 0.05) is 26.7 Å². The van der Waals surface area contributed by atoms with Crippen LogP contribution >= 0.6 is 15.9 Å². The van der Waals surface area contributed by atoms with Crippen LogP contribution in [0, 0.1) is 0 Å². The fourth-order valence-electron chi connectivity index (χ4n) is 1.80. The van der Waals surface area contributed by atoms with Gasteiger partial charge in [-0.15, -0.1) is 0 Å². The number of nitrogens with two attached hydrogens (primary N) is 1. The Kier molecular flexibility index (Phi) is 3.16. The molecule has 0 aliphatic carbocycles. The Hall–Kier alpha value is -1.07. The van der Waals surface area contributed by atoms with Crippen molar-refractivity contribution in [2.24, 2.45) is 5.73 Å². The number of aromatic nitrogens is 2. The molecule has 0 radical (unpaired) electrons. The molecule has 0 bridgehead atoms. The van der Waals surface area contributed by atoms with Gasteiger partial charge in [-0.05, 0) is 34.6 Å². The predicted molar refractivity (Wildman–Crippen MR) is 70.0 cm³/mol. The molecule has 5 heteroatoms. The number of rotatable bonds is 3. The van der Waals surface area contributed by atoms with Gasteiger partial charge in [0.2, 0.25) is 0 Å². The van der Waals surface area contributed by atoms with E-state index in [0.29, 0.717) is 6.54 Å². The minimum absolute atomic E-state index is 0.609. The molecule has 2 aromatic heterocycles. The second-order valence-corrected chi connectivity index (χ2v) is 4.62. The molecule has 0 fully saturated rings. The monoisotopic (exact) mass is 282 g/mol. The summed E-state index contributed by atoms with van der Waals surface area (Å²) in [5.74, 6) is 0.994. The van der Waals surface area contributed by atoms with Gasteiger partial charge in [-0.3, -0.25) is 0 Å². The number of anilines is 1. The van der Waals surface area contributed by atoms with Crippen LogP contribution in [0.5, 0.6) is 0 Å². The lowest BCUT2D eigenvalue weighted by atomic mass is 10.3. The lowest BCUT2D eigenvalue weighted by Crippen LogP contribution is -2.11. The molecule has 0 unspecified atom stereocenters. The van der Waals surface area contributed by atoms with E-state index in [0.717, 1.165) is 28.1 Å². The number of pyridine rings is 1. The summed E-state index contributed by atoms with van der Waals surface area (Å²) in [5.41, 5.74) is 7.82. The topological polar surface area (TPSA) is 46.6 Å². The first-order chi connectivity index (χ1) is 7.65. The fourth-order valence-corrected chi connectivity index (χ4v) is 2.40. The van der Waals surface area contributed by atoms with Crippen LogP contribution in [0.2, 0.25) is 0 Å². The van der Waals surface area contributed by atoms with Crippen molar-refractivity contribution in [2.75, 3.05) is 25.5 Å². The Labute approximate surface area is 103 Å². The van der Waals surface area contributed by atoms with Gasteiger partial charge in [-0.25, -0.2) is 4.98 Å². The average molecular weight is 283 g/mol. The smallest absolute Gasteiger partial charge is 0.134 e. The Bertz CT molecular complexity index is 504. The number of halogens is 1. The second kappa shape index (κ2) is 4.43. The summed E-state index contributed by atoms with van der Waals surface area (Å²) in [6.45, 7) is 0.609. The van der Waals surface area contributed by atoms with Crippen molar-refractivity contribution in [3.8, 4) is 0 Å². The molecule has 2 aromatic rings. The first-order valence-corrected chi connectivity index (χ1v) is 5.97. The predicted octanol–water partition coefficient (Wildman–Crippen LogP) is 1.66. The Balaban J connectivity index is 2.69. The van der Waals surface area contributed by atoms with Gasteiger partial charge in [-0.2, -0.15) is 0 Å². The SMILES string of the molecule is CN(C)c1cccn2c(CCN)nc(Br)c12. The maximum atomic E-state index is 5.58. The number of hydrogen-bond donors (Lipinski definition) is 1. The third-order valence-corrected chi connectivity index (χ3v) is 3.08. The quantitative estimate of drug-likeness (QED) is 0.932. The lowest BCUT2D eigenvalue weighted by Gasteiger charge is -2.14. The van der Waals surface area contributed by atoms with Crippen molar-refractivity contribution >= 4 is 27.1 Å². The Morgan fingerprint density at radius 1 is 1.50 bits per heavy atom.